The summed E-state index contributed by atoms with van der Waals surface area (Å²) in [5, 5.41) is 0. The number of hydrogen-bond donors (Lipinski definition) is 0. The van der Waals surface area contributed by atoms with Crippen molar-refractivity contribution in [3.8, 4) is 0 Å². The van der Waals surface area contributed by atoms with Gasteiger partial charge in [0, 0.05) is 12.3 Å². The van der Waals surface area contributed by atoms with E-state index in [1.54, 1.807) is 0 Å². The maximum atomic E-state index is 13.2. The molecule has 1 aromatic rings. The van der Waals surface area contributed by atoms with Crippen molar-refractivity contribution in [2.45, 2.75) is 45.3 Å². The Morgan fingerprint density at radius 3 is 2.38 bits per heavy atom. The van der Waals surface area contributed by atoms with Crippen molar-refractivity contribution in [1.29, 1.82) is 0 Å². The lowest BCUT2D eigenvalue weighted by atomic mass is 10.0. The van der Waals surface area contributed by atoms with E-state index in [0.29, 0.717) is 31.7 Å². The molecule has 1 atom stereocenters. The molecule has 0 aliphatic heterocycles. The van der Waals surface area contributed by atoms with E-state index in [-0.39, 0.29) is 17.9 Å². The first-order valence-electron chi connectivity index (χ1n) is 7.98. The van der Waals surface area contributed by atoms with E-state index in [0.717, 1.165) is 4.57 Å². The summed E-state index contributed by atoms with van der Waals surface area (Å²) in [4.78, 5) is 25.3. The highest BCUT2D eigenvalue weighted by Gasteiger charge is 2.34. The number of aldehydes is 1. The maximum absolute atomic E-state index is 13.2. The third-order valence-corrected chi connectivity index (χ3v) is 3.75. The van der Waals surface area contributed by atoms with Crippen LogP contribution < -0.4 is 5.56 Å². The molecule has 0 saturated carbocycles. The average Bonchev–Trinajstić information content (AvgIpc) is 2.44. The van der Waals surface area contributed by atoms with Crippen LogP contribution in [0.5, 0.6) is 0 Å². The molecule has 0 aliphatic rings. The van der Waals surface area contributed by atoms with Gasteiger partial charge in [-0.1, -0.05) is 13.8 Å². The number of alkyl halides is 3. The van der Waals surface area contributed by atoms with Crippen LogP contribution in [0.4, 0.5) is 13.2 Å². The fourth-order valence-electron chi connectivity index (χ4n) is 2.62. The second-order valence-corrected chi connectivity index (χ2v) is 6.70. The zero-order chi connectivity index (χ0) is 18.5. The molecule has 1 unspecified atom stereocenters. The lowest BCUT2D eigenvalue weighted by Gasteiger charge is -2.20. The number of aromatic nitrogens is 1. The third-order valence-electron chi connectivity index (χ3n) is 3.75. The minimum absolute atomic E-state index is 0.0551. The number of hydrogen-bond acceptors (Lipinski definition) is 3. The van der Waals surface area contributed by atoms with Gasteiger partial charge in [-0.3, -0.25) is 4.79 Å². The van der Waals surface area contributed by atoms with Crippen LogP contribution in [-0.4, -0.2) is 36.4 Å². The van der Waals surface area contributed by atoms with E-state index >= 15 is 0 Å². The van der Waals surface area contributed by atoms with Crippen LogP contribution in [0, 0.1) is 5.92 Å². The first kappa shape index (κ1) is 20.4. The summed E-state index contributed by atoms with van der Waals surface area (Å²) in [6.45, 7) is 4.42. The van der Waals surface area contributed by atoms with Gasteiger partial charge in [0.05, 0.1) is 11.6 Å². The molecule has 7 heteroatoms. The predicted octanol–water partition coefficient (Wildman–Crippen LogP) is 3.15. The monoisotopic (exact) mass is 346 g/mol. The molecule has 0 amide bonds. The van der Waals surface area contributed by atoms with E-state index in [1.807, 2.05) is 32.8 Å². The van der Waals surface area contributed by atoms with Gasteiger partial charge in [-0.2, -0.15) is 13.2 Å². The number of carbonyl (C=O) groups is 1. The van der Waals surface area contributed by atoms with Gasteiger partial charge in [0.15, 0.2) is 0 Å². The van der Waals surface area contributed by atoms with Crippen LogP contribution >= 0.6 is 0 Å². The molecule has 4 nitrogen and oxygen atoms in total. The first-order chi connectivity index (χ1) is 11.1. The Kier molecular flexibility index (Phi) is 7.20. The Bertz CT molecular complexity index is 607. The highest BCUT2D eigenvalue weighted by Crippen LogP contribution is 2.32. The summed E-state index contributed by atoms with van der Waals surface area (Å²) < 4.78 is 40.8. The highest BCUT2D eigenvalue weighted by atomic mass is 19.4. The molecular weight excluding hydrogens is 321 g/mol. The van der Waals surface area contributed by atoms with Crippen molar-refractivity contribution in [3.63, 3.8) is 0 Å². The largest absolute Gasteiger partial charge is 0.416 e. The Labute approximate surface area is 140 Å². The first-order valence-corrected chi connectivity index (χ1v) is 7.98. The van der Waals surface area contributed by atoms with Crippen molar-refractivity contribution in [3.05, 3.63) is 33.7 Å². The van der Waals surface area contributed by atoms with Crippen LogP contribution in [0.3, 0.4) is 0 Å². The van der Waals surface area contributed by atoms with Crippen LogP contribution in [0.15, 0.2) is 17.1 Å². The predicted molar refractivity (Wildman–Crippen MR) is 87.1 cm³/mol. The number of nitrogens with zero attached hydrogens (tertiary/aromatic N) is 2. The summed E-state index contributed by atoms with van der Waals surface area (Å²) in [7, 11) is 3.69. The molecule has 1 heterocycles. The molecule has 24 heavy (non-hydrogen) atoms. The second kappa shape index (κ2) is 8.46. The van der Waals surface area contributed by atoms with Crippen LogP contribution in [-0.2, 0) is 17.4 Å². The lowest BCUT2D eigenvalue weighted by Crippen LogP contribution is -2.29. The molecule has 136 valence electrons. The summed E-state index contributed by atoms with van der Waals surface area (Å²) in [5.41, 5.74) is -1.65. The van der Waals surface area contributed by atoms with Crippen LogP contribution in [0.25, 0.3) is 0 Å². The molecule has 0 fully saturated rings. The highest BCUT2D eigenvalue weighted by molar-refractivity contribution is 5.56. The summed E-state index contributed by atoms with van der Waals surface area (Å²) >= 11 is 0. The molecule has 0 aliphatic carbocycles. The van der Waals surface area contributed by atoms with Crippen molar-refractivity contribution in [2.24, 2.45) is 5.92 Å². The number of carbonyl (C=O) groups excluding carboxylic acids is 1. The summed E-state index contributed by atoms with van der Waals surface area (Å²) in [5.74, 6) is 0.145. The number of rotatable bonds is 8. The van der Waals surface area contributed by atoms with E-state index < -0.39 is 23.3 Å². The van der Waals surface area contributed by atoms with Gasteiger partial charge >= 0.3 is 6.18 Å². The molecule has 1 aromatic heterocycles. The van der Waals surface area contributed by atoms with Crippen LogP contribution in [0.2, 0.25) is 0 Å². The molecule has 1 rings (SSSR count). The Hall–Kier alpha value is -1.63. The number of aryl methyl sites for hydroxylation is 1. The normalized spacial score (nSPS) is 13.5. The Morgan fingerprint density at radius 2 is 1.92 bits per heavy atom. The van der Waals surface area contributed by atoms with Crippen molar-refractivity contribution >= 4 is 6.29 Å². The van der Waals surface area contributed by atoms with Gasteiger partial charge in [0.1, 0.15) is 6.29 Å². The molecule has 0 radical (unpaired) electrons. The van der Waals surface area contributed by atoms with Gasteiger partial charge in [0.25, 0.3) is 5.56 Å². The van der Waals surface area contributed by atoms with Gasteiger partial charge in [0.2, 0.25) is 0 Å². The molecule has 0 saturated heterocycles. The number of pyridine rings is 1. The second-order valence-electron chi connectivity index (χ2n) is 6.70. The van der Waals surface area contributed by atoms with Gasteiger partial charge in [-0.25, -0.2) is 0 Å². The van der Waals surface area contributed by atoms with E-state index in [9.17, 15) is 22.8 Å². The van der Waals surface area contributed by atoms with Crippen molar-refractivity contribution in [2.75, 3.05) is 20.6 Å². The SMILES string of the molecule is CC(C)CC(C=O)n1cc(CCCN(C)C)c(C(F)(F)F)cc1=O. The Balaban J connectivity index is 3.27. The minimum atomic E-state index is -4.58. The molecule has 0 aromatic carbocycles. The van der Waals surface area contributed by atoms with Gasteiger partial charge in [-0.15, -0.1) is 0 Å². The fourth-order valence-corrected chi connectivity index (χ4v) is 2.62. The topological polar surface area (TPSA) is 42.3 Å². The van der Waals surface area contributed by atoms with Gasteiger partial charge in [-0.05, 0) is 51.4 Å². The van der Waals surface area contributed by atoms with E-state index in [1.165, 1.54) is 6.20 Å². The fraction of sp³-hybridized carbons (Fsp3) is 0.647. The van der Waals surface area contributed by atoms with Crippen LogP contribution in [0.1, 0.15) is 43.9 Å². The minimum Gasteiger partial charge on any atom is -0.309 e. The third kappa shape index (κ3) is 5.78. The van der Waals surface area contributed by atoms with E-state index in [4.69, 9.17) is 0 Å². The number of halogens is 3. The molecule has 0 bridgehead atoms. The molecule has 0 spiro atoms. The molecular formula is C17H25F3N2O2. The Morgan fingerprint density at radius 1 is 1.29 bits per heavy atom. The zero-order valence-corrected chi connectivity index (χ0v) is 14.6. The summed E-state index contributed by atoms with van der Waals surface area (Å²) in [6.07, 6.45) is -1.61. The van der Waals surface area contributed by atoms with E-state index in [2.05, 4.69) is 0 Å². The summed E-state index contributed by atoms with van der Waals surface area (Å²) in [6, 6.07) is -0.130. The maximum Gasteiger partial charge on any atom is 0.416 e. The average molecular weight is 346 g/mol. The molecule has 0 N–H and O–H groups in total. The lowest BCUT2D eigenvalue weighted by molar-refractivity contribution is -0.138. The smallest absolute Gasteiger partial charge is 0.309 e. The quantitative estimate of drug-likeness (QED) is 0.679. The van der Waals surface area contributed by atoms with Crippen molar-refractivity contribution in [1.82, 2.24) is 9.47 Å². The van der Waals surface area contributed by atoms with Gasteiger partial charge < -0.3 is 14.3 Å². The van der Waals surface area contributed by atoms with Crippen molar-refractivity contribution < 1.29 is 18.0 Å². The zero-order valence-electron chi connectivity index (χ0n) is 14.6. The standard InChI is InChI=1S/C17H25F3N2O2/c1-12(2)8-14(11-23)22-10-13(6-5-7-21(3)4)15(9-16(22)24)17(18,19)20/h9-12,14H,5-8H2,1-4H3.